The zero-order valence-electron chi connectivity index (χ0n) is 28.6. The number of hydrogen-bond donors (Lipinski definition) is 0. The van der Waals surface area contributed by atoms with E-state index in [9.17, 15) is 29.0 Å². The van der Waals surface area contributed by atoms with Crippen molar-refractivity contribution >= 4 is 44.9 Å². The zero-order chi connectivity index (χ0) is 34.0. The Hall–Kier alpha value is -0.157. The van der Waals surface area contributed by atoms with Gasteiger partial charge in [-0.15, -0.1) is 0 Å². The topological polar surface area (TPSA) is 185 Å². The molecule has 0 N–H and O–H groups in total. The van der Waals surface area contributed by atoms with Gasteiger partial charge in [-0.1, -0.05) is 70.5 Å². The van der Waals surface area contributed by atoms with Gasteiger partial charge in [-0.05, 0) is 42.4 Å². The summed E-state index contributed by atoms with van der Waals surface area (Å²) in [6, 6.07) is 23.4. The van der Waals surface area contributed by atoms with Gasteiger partial charge in [0.2, 0.25) is 0 Å². The fraction of sp³-hybridized carbons (Fsp3) is 0.219. The van der Waals surface area contributed by atoms with Crippen molar-refractivity contribution in [3.63, 3.8) is 0 Å². The second-order valence-electron chi connectivity index (χ2n) is 8.95. The fourth-order valence-electron chi connectivity index (χ4n) is 3.42. The van der Waals surface area contributed by atoms with Gasteiger partial charge in [0.05, 0.1) is 15.9 Å². The third-order valence-electron chi connectivity index (χ3n) is 5.73. The van der Waals surface area contributed by atoms with Crippen LogP contribution in [0.3, 0.4) is 0 Å². The van der Waals surface area contributed by atoms with E-state index < -0.39 is 16.0 Å². The Morgan fingerprint density at radius 1 is 0.857 bits per heavy atom. The molecule has 12 nitrogen and oxygen atoms in total. The van der Waals surface area contributed by atoms with E-state index in [1.807, 2.05) is 30.3 Å². The van der Waals surface area contributed by atoms with Gasteiger partial charge >= 0.3 is 132 Å². The van der Waals surface area contributed by atoms with Crippen LogP contribution in [0, 0.1) is 26.3 Å². The molecular weight excluding hydrogens is 786 g/mol. The smallest absolute Gasteiger partial charge is 1.00 e. The molecule has 0 bridgehead atoms. The molecule has 1 aliphatic carbocycles. The SMILES string of the molecule is C1CCOC1.O=CO[O-].O=S([O-])C1=CC=C[C+]=C1.O=[N+]([O-])c1ccc(CBr)cc1.O=[N+]([O-])c1ccc(CCc2ccccc2)cc1.[H-].[K+].[K+].[Na+]. The van der Waals surface area contributed by atoms with Crippen LogP contribution in [0.4, 0.5) is 11.4 Å². The molecule has 1 saturated heterocycles. The minimum absolute atomic E-state index is 0. The molecule has 2 aliphatic rings. The maximum absolute atomic E-state index is 10.5. The van der Waals surface area contributed by atoms with Gasteiger partial charge in [-0.25, -0.2) is 0 Å². The largest absolute Gasteiger partial charge is 1.00 e. The van der Waals surface area contributed by atoms with Crippen LogP contribution in [0.2, 0.25) is 0 Å². The molecule has 0 amide bonds. The number of ether oxygens (including phenoxy) is 1. The van der Waals surface area contributed by atoms with Gasteiger partial charge < -0.3 is 20.9 Å². The monoisotopic (exact) mass is 817 g/mol. The summed E-state index contributed by atoms with van der Waals surface area (Å²) < 4.78 is 25.3. The first kappa shape index (κ1) is 53.2. The first-order valence-electron chi connectivity index (χ1n) is 13.6. The number of hydrogen-bond acceptors (Lipinski definition) is 10. The van der Waals surface area contributed by atoms with Crippen LogP contribution in [0.15, 0.2) is 108 Å². The van der Waals surface area contributed by atoms with Crippen LogP contribution >= 0.6 is 15.9 Å². The molecule has 1 unspecified atom stereocenters. The van der Waals surface area contributed by atoms with E-state index in [-0.39, 0.29) is 161 Å². The molecule has 1 aliphatic heterocycles. The molecule has 0 radical (unpaired) electrons. The molecule has 1 fully saturated rings. The molecule has 5 rings (SSSR count). The summed E-state index contributed by atoms with van der Waals surface area (Å²) in [7, 11) is 0. The van der Waals surface area contributed by atoms with Crippen LogP contribution < -0.4 is 138 Å². The van der Waals surface area contributed by atoms with Crippen molar-refractivity contribution in [2.24, 2.45) is 0 Å². The Kier molecular flexibility index (Phi) is 37.9. The van der Waals surface area contributed by atoms with Crippen molar-refractivity contribution in [2.45, 2.75) is 31.0 Å². The van der Waals surface area contributed by atoms with E-state index in [1.165, 1.54) is 42.7 Å². The number of carbonyl (C=O) groups is 1. The summed E-state index contributed by atoms with van der Waals surface area (Å²) in [5.74, 6) is 0. The number of aryl methyl sites for hydroxylation is 2. The average Bonchev–Trinajstić information content (AvgIpc) is 3.70. The van der Waals surface area contributed by atoms with Gasteiger partial charge in [0.25, 0.3) is 17.8 Å². The Labute approximate surface area is 405 Å². The zero-order valence-corrected chi connectivity index (χ0v) is 38.3. The van der Waals surface area contributed by atoms with Crippen molar-refractivity contribution < 1.29 is 172 Å². The third-order valence-corrected chi connectivity index (χ3v) is 7.02. The average molecular weight is 819 g/mol. The van der Waals surface area contributed by atoms with Gasteiger partial charge in [-0.2, -0.15) is 0 Å². The number of alkyl halides is 1. The fourth-order valence-corrected chi connectivity index (χ4v) is 4.14. The predicted octanol–water partition coefficient (Wildman–Crippen LogP) is -3.10. The first-order valence-corrected chi connectivity index (χ1v) is 15.8. The molecule has 3 aromatic carbocycles. The minimum Gasteiger partial charge on any atom is -1.00 e. The van der Waals surface area contributed by atoms with Gasteiger partial charge in [0.1, 0.15) is 17.1 Å². The number of nitro groups is 2. The number of carbonyl (C=O) groups excluding carboxylic acids is 1. The normalized spacial score (nSPS) is 11.9. The number of non-ortho nitro benzene ring substituents is 2. The number of rotatable bonds is 8. The Morgan fingerprint density at radius 3 is 1.61 bits per heavy atom. The van der Waals surface area contributed by atoms with E-state index in [0.717, 1.165) is 42.5 Å². The standard InChI is InChI=1S/C14H13NO2.C7H6BrNO2.C6H4O2S.C4H8O.CH2O3.2K.Na.H/c16-15(17)14-10-8-13(9-11-14)7-6-12-4-2-1-3-5-12;8-5-6-1-3-7(4-2-6)9(10)11;7-9(8)6-4-2-1-3-5-6;1-2-4-5-3-1;2-1-4-3;;;;/h1-5,8-11H,6-7H2;1-4H,5H2;1-2,4-5H;1-4H2;1,3H;;;;/q;;;;;3*+1;-1/p-1. The minimum atomic E-state index is -2.11. The van der Waals surface area contributed by atoms with E-state index in [0.29, 0.717) is 0 Å². The van der Waals surface area contributed by atoms with E-state index >= 15 is 0 Å². The summed E-state index contributed by atoms with van der Waals surface area (Å²) in [6.07, 6.45) is 13.3. The molecule has 0 saturated carbocycles. The summed E-state index contributed by atoms with van der Waals surface area (Å²) in [5, 5.41) is 29.8. The molecule has 3 aromatic rings. The molecule has 0 aromatic heterocycles. The van der Waals surface area contributed by atoms with Crippen LogP contribution in [0.5, 0.6) is 0 Å². The number of nitro benzene ring substituents is 2. The molecule has 1 heterocycles. The Balaban J connectivity index is -0.000000281. The third kappa shape index (κ3) is 27.2. The Bertz CT molecular complexity index is 1450. The summed E-state index contributed by atoms with van der Waals surface area (Å²) in [4.78, 5) is 31.4. The predicted molar refractivity (Wildman–Crippen MR) is 175 cm³/mol. The first-order chi connectivity index (χ1) is 22.2. The van der Waals surface area contributed by atoms with Crippen molar-refractivity contribution in [3.05, 3.63) is 151 Å². The van der Waals surface area contributed by atoms with Crippen LogP contribution in [-0.4, -0.2) is 38.3 Å². The van der Waals surface area contributed by atoms with E-state index in [1.54, 1.807) is 36.4 Å². The molecular formula is C32H33BrK2N2NaO10S+. The molecule has 17 heteroatoms. The number of nitrogens with zero attached hydrogens (tertiary/aromatic N) is 2. The van der Waals surface area contributed by atoms with Crippen molar-refractivity contribution in [2.75, 3.05) is 13.2 Å². The van der Waals surface area contributed by atoms with Gasteiger partial charge in [-0.3, -0.25) is 29.2 Å². The molecule has 246 valence electrons. The summed E-state index contributed by atoms with van der Waals surface area (Å²) >= 11 is 1.14. The van der Waals surface area contributed by atoms with E-state index in [2.05, 4.69) is 39.0 Å². The Morgan fingerprint density at radius 2 is 1.31 bits per heavy atom. The maximum Gasteiger partial charge on any atom is 1.00 e. The number of benzene rings is 3. The summed E-state index contributed by atoms with van der Waals surface area (Å²) in [6.45, 7) is 1.82. The quantitative estimate of drug-likeness (QED) is 0.0330. The van der Waals surface area contributed by atoms with Gasteiger partial charge in [0, 0.05) is 66.0 Å². The molecule has 1 atom stereocenters. The van der Waals surface area contributed by atoms with Crippen molar-refractivity contribution in [1.29, 1.82) is 0 Å². The number of halogens is 1. The van der Waals surface area contributed by atoms with Crippen molar-refractivity contribution in [3.8, 4) is 0 Å². The van der Waals surface area contributed by atoms with Crippen LogP contribution in [-0.2, 0) is 43.7 Å². The second-order valence-corrected chi connectivity index (χ2v) is 10.5. The maximum atomic E-state index is 10.5. The van der Waals surface area contributed by atoms with Crippen LogP contribution in [0.1, 0.15) is 31.0 Å². The summed E-state index contributed by atoms with van der Waals surface area (Å²) in [5.41, 5.74) is 3.73. The van der Waals surface area contributed by atoms with Gasteiger partial charge in [0.15, 0.2) is 0 Å². The molecule has 49 heavy (non-hydrogen) atoms. The second kappa shape index (κ2) is 34.9. The van der Waals surface area contributed by atoms with E-state index in [4.69, 9.17) is 14.8 Å². The number of allylic oxidation sites excluding steroid dienone is 5. The molecule has 0 spiro atoms. The van der Waals surface area contributed by atoms with Crippen LogP contribution in [0.25, 0.3) is 0 Å². The van der Waals surface area contributed by atoms with Crippen molar-refractivity contribution in [1.82, 2.24) is 0 Å².